The van der Waals surface area contributed by atoms with Crippen LogP contribution in [0.5, 0.6) is 0 Å². The largest absolute Gasteiger partial charge is 0.310 e. The van der Waals surface area contributed by atoms with Gasteiger partial charge < -0.3 is 4.90 Å². The summed E-state index contributed by atoms with van der Waals surface area (Å²) >= 11 is 0. The van der Waals surface area contributed by atoms with Gasteiger partial charge in [-0.15, -0.1) is 0 Å². The Kier molecular flexibility index (Phi) is 7.95. The summed E-state index contributed by atoms with van der Waals surface area (Å²) in [5.41, 5.74) is 18.0. The molecular formula is C55H49N. The first-order chi connectivity index (χ1) is 27.5. The molecule has 0 N–H and O–H groups in total. The van der Waals surface area contributed by atoms with E-state index in [1.54, 1.807) is 5.56 Å². The van der Waals surface area contributed by atoms with E-state index < -0.39 is 0 Å². The van der Waals surface area contributed by atoms with Gasteiger partial charge in [-0.2, -0.15) is 0 Å². The molecule has 5 aliphatic rings. The molecule has 0 unspecified atom stereocenters. The van der Waals surface area contributed by atoms with Gasteiger partial charge in [0.25, 0.3) is 0 Å². The summed E-state index contributed by atoms with van der Waals surface area (Å²) < 4.78 is 0. The zero-order chi connectivity index (χ0) is 37.4. The molecule has 0 atom stereocenters. The zero-order valence-electron chi connectivity index (χ0n) is 32.5. The molecule has 56 heavy (non-hydrogen) atoms. The van der Waals surface area contributed by atoms with E-state index in [0.29, 0.717) is 5.92 Å². The van der Waals surface area contributed by atoms with Crippen LogP contribution in [0.15, 0.2) is 170 Å². The Hall–Kier alpha value is -5.66. The minimum absolute atomic E-state index is 0.115. The normalized spacial score (nSPS) is 22.4. The van der Waals surface area contributed by atoms with Crippen molar-refractivity contribution in [3.63, 3.8) is 0 Å². The van der Waals surface area contributed by atoms with Gasteiger partial charge in [0.1, 0.15) is 0 Å². The topological polar surface area (TPSA) is 3.24 Å². The van der Waals surface area contributed by atoms with Crippen molar-refractivity contribution in [3.05, 3.63) is 187 Å². The predicted octanol–water partition coefficient (Wildman–Crippen LogP) is 15.0. The van der Waals surface area contributed by atoms with Crippen LogP contribution < -0.4 is 4.90 Å². The van der Waals surface area contributed by atoms with Gasteiger partial charge in [-0.1, -0.05) is 147 Å². The lowest BCUT2D eigenvalue weighted by Crippen LogP contribution is -2.43. The van der Waals surface area contributed by atoms with Gasteiger partial charge >= 0.3 is 0 Å². The summed E-state index contributed by atoms with van der Waals surface area (Å²) in [6.45, 7) is 4.79. The minimum atomic E-state index is -0.115. The van der Waals surface area contributed by atoms with Crippen molar-refractivity contribution in [2.24, 2.45) is 23.7 Å². The van der Waals surface area contributed by atoms with E-state index in [-0.39, 0.29) is 5.41 Å². The molecule has 0 amide bonds. The van der Waals surface area contributed by atoms with E-state index in [1.807, 2.05) is 0 Å². The number of hydrogen-bond donors (Lipinski definition) is 0. The average molecular weight is 724 g/mol. The van der Waals surface area contributed by atoms with Crippen LogP contribution in [0, 0.1) is 23.7 Å². The highest BCUT2D eigenvalue weighted by Crippen LogP contribution is 2.60. The highest BCUT2D eigenvalue weighted by Gasteiger charge is 2.48. The third-order valence-corrected chi connectivity index (χ3v) is 14.2. The highest BCUT2D eigenvalue weighted by molar-refractivity contribution is 5.95. The molecule has 0 radical (unpaired) electrons. The molecule has 1 nitrogen and oxygen atoms in total. The quantitative estimate of drug-likeness (QED) is 0.158. The molecular weight excluding hydrogens is 675 g/mol. The van der Waals surface area contributed by atoms with Gasteiger partial charge in [-0.25, -0.2) is 0 Å². The lowest BCUT2D eigenvalue weighted by atomic mass is 9.51. The van der Waals surface area contributed by atoms with Crippen LogP contribution in [0.2, 0.25) is 0 Å². The smallest absolute Gasteiger partial charge is 0.0543 e. The molecule has 0 aliphatic heterocycles. The van der Waals surface area contributed by atoms with Crippen molar-refractivity contribution in [3.8, 4) is 44.5 Å². The average Bonchev–Trinajstić information content (AvgIpc) is 3.46. The van der Waals surface area contributed by atoms with Crippen molar-refractivity contribution in [2.75, 3.05) is 4.90 Å². The van der Waals surface area contributed by atoms with Crippen LogP contribution >= 0.6 is 0 Å². The Balaban J connectivity index is 1.07. The second-order valence-corrected chi connectivity index (χ2v) is 17.8. The number of nitrogens with zero attached hydrogens (tertiary/aromatic N) is 1. The van der Waals surface area contributed by atoms with Crippen LogP contribution in [0.25, 0.3) is 44.5 Å². The third-order valence-electron chi connectivity index (χ3n) is 14.2. The Morgan fingerprint density at radius 2 is 0.893 bits per heavy atom. The number of fused-ring (bicyclic) bond motifs is 3. The minimum Gasteiger partial charge on any atom is -0.310 e. The Morgan fingerprint density at radius 3 is 1.48 bits per heavy atom. The van der Waals surface area contributed by atoms with Gasteiger partial charge in [0.05, 0.1) is 5.69 Å². The standard InChI is InChI=1S/C55H49N/c1-55(2)51-20-12-11-19-48(51)50-34-49(39-15-7-4-8-16-39)53(35-52(50)55)56(45-27-23-41(24-28-45)54-42-30-36-29-37(32-42)33-43(54)31-36)44-25-21-40(22-26-44)47-18-10-9-17-46(47)38-13-5-3-6-14-38/h3-28,34-37,42-43,54H,29-33H2,1-2H3. The number of anilines is 3. The summed E-state index contributed by atoms with van der Waals surface area (Å²) in [6, 6.07) is 63.8. The summed E-state index contributed by atoms with van der Waals surface area (Å²) in [5.74, 6) is 4.42. The van der Waals surface area contributed by atoms with Crippen molar-refractivity contribution < 1.29 is 0 Å². The number of benzene rings is 7. The van der Waals surface area contributed by atoms with E-state index in [4.69, 9.17) is 0 Å². The fourth-order valence-corrected chi connectivity index (χ4v) is 11.9. The van der Waals surface area contributed by atoms with Gasteiger partial charge in [0.15, 0.2) is 0 Å². The monoisotopic (exact) mass is 723 g/mol. The molecule has 7 aromatic rings. The Labute approximate surface area is 332 Å². The number of hydrogen-bond acceptors (Lipinski definition) is 1. The van der Waals surface area contributed by atoms with Crippen molar-refractivity contribution in [1.29, 1.82) is 0 Å². The molecule has 4 saturated carbocycles. The summed E-state index contributed by atoms with van der Waals surface area (Å²) in [6.07, 6.45) is 7.27. The SMILES string of the molecule is CC1(C)c2ccccc2-c2cc(-c3ccccc3)c(N(c3ccc(-c4ccccc4-c4ccccc4)cc3)c3ccc(C4C5CC6CC(C5)CC4C6)cc3)cc21. The lowest BCUT2D eigenvalue weighted by molar-refractivity contribution is -0.00277. The molecule has 274 valence electrons. The molecule has 4 fully saturated rings. The van der Waals surface area contributed by atoms with E-state index in [9.17, 15) is 0 Å². The molecule has 1 heteroatoms. The maximum atomic E-state index is 2.54. The Morgan fingerprint density at radius 1 is 0.411 bits per heavy atom. The second-order valence-electron chi connectivity index (χ2n) is 17.8. The van der Waals surface area contributed by atoms with Crippen LogP contribution in [-0.2, 0) is 5.41 Å². The van der Waals surface area contributed by atoms with Crippen LogP contribution in [0.3, 0.4) is 0 Å². The van der Waals surface area contributed by atoms with E-state index in [1.165, 1.54) is 105 Å². The molecule has 7 aromatic carbocycles. The van der Waals surface area contributed by atoms with Crippen LogP contribution in [-0.4, -0.2) is 0 Å². The van der Waals surface area contributed by atoms with Crippen molar-refractivity contribution in [2.45, 2.75) is 57.3 Å². The first kappa shape index (κ1) is 33.7. The second kappa shape index (κ2) is 13.2. The van der Waals surface area contributed by atoms with Crippen LogP contribution in [0.4, 0.5) is 17.1 Å². The summed E-state index contributed by atoms with van der Waals surface area (Å²) in [7, 11) is 0. The third kappa shape index (κ3) is 5.50. The maximum absolute atomic E-state index is 2.54. The van der Waals surface area contributed by atoms with Gasteiger partial charge in [-0.05, 0) is 154 Å². The fraction of sp³-hybridized carbons (Fsp3) is 0.236. The summed E-state index contributed by atoms with van der Waals surface area (Å²) in [5, 5.41) is 0. The zero-order valence-corrected chi connectivity index (χ0v) is 32.5. The molecule has 0 saturated heterocycles. The van der Waals surface area contributed by atoms with E-state index >= 15 is 0 Å². The van der Waals surface area contributed by atoms with E-state index in [2.05, 4.69) is 189 Å². The summed E-state index contributed by atoms with van der Waals surface area (Å²) in [4.78, 5) is 2.54. The molecule has 5 aliphatic carbocycles. The maximum Gasteiger partial charge on any atom is 0.0543 e. The lowest BCUT2D eigenvalue weighted by Gasteiger charge is -2.54. The van der Waals surface area contributed by atoms with Gasteiger partial charge in [0, 0.05) is 22.4 Å². The molecule has 0 heterocycles. The fourth-order valence-electron chi connectivity index (χ4n) is 11.9. The first-order valence-corrected chi connectivity index (χ1v) is 21.0. The molecule has 0 aromatic heterocycles. The van der Waals surface area contributed by atoms with Crippen LogP contribution in [0.1, 0.15) is 68.6 Å². The molecule has 0 spiro atoms. The van der Waals surface area contributed by atoms with Crippen molar-refractivity contribution >= 4 is 17.1 Å². The Bertz CT molecular complexity index is 2520. The first-order valence-electron chi connectivity index (χ1n) is 21.0. The molecule has 12 rings (SSSR count). The number of rotatable bonds is 7. The highest BCUT2D eigenvalue weighted by atomic mass is 15.1. The van der Waals surface area contributed by atoms with Gasteiger partial charge in [0.2, 0.25) is 0 Å². The van der Waals surface area contributed by atoms with Gasteiger partial charge in [-0.3, -0.25) is 0 Å². The van der Waals surface area contributed by atoms with Crippen molar-refractivity contribution in [1.82, 2.24) is 0 Å². The predicted molar refractivity (Wildman–Crippen MR) is 235 cm³/mol. The molecule has 4 bridgehead atoms. The van der Waals surface area contributed by atoms with E-state index in [0.717, 1.165) is 23.7 Å².